The Morgan fingerprint density at radius 2 is 2.03 bits per heavy atom. The van der Waals surface area contributed by atoms with Crippen molar-refractivity contribution in [3.63, 3.8) is 0 Å². The van der Waals surface area contributed by atoms with Gasteiger partial charge in [-0.1, -0.05) is 12.1 Å². The lowest BCUT2D eigenvalue weighted by atomic mass is 10.0. The second kappa shape index (κ2) is 8.88. The molecule has 3 aliphatic heterocycles. The van der Waals surface area contributed by atoms with Crippen molar-refractivity contribution in [2.75, 3.05) is 26.7 Å². The van der Waals surface area contributed by atoms with Crippen LogP contribution in [0.3, 0.4) is 0 Å². The van der Waals surface area contributed by atoms with E-state index in [-0.39, 0.29) is 35.8 Å². The number of nitriles is 1. The first-order valence-electron chi connectivity index (χ1n) is 11.2. The van der Waals surface area contributed by atoms with Crippen LogP contribution in [0.1, 0.15) is 48.1 Å². The summed E-state index contributed by atoms with van der Waals surface area (Å²) in [6.07, 6.45) is 2.24. The van der Waals surface area contributed by atoms with Gasteiger partial charge in [0, 0.05) is 38.3 Å². The molecule has 0 aromatic heterocycles. The minimum atomic E-state index is -0.737. The molecule has 9 heteroatoms. The maximum Gasteiger partial charge on any atom is 0.251 e. The first kappa shape index (κ1) is 22.2. The van der Waals surface area contributed by atoms with Crippen molar-refractivity contribution >= 4 is 17.7 Å². The fourth-order valence-corrected chi connectivity index (χ4v) is 5.33. The fraction of sp³-hybridized carbons (Fsp3) is 0.565. The Hall–Kier alpha value is -2.96. The summed E-state index contributed by atoms with van der Waals surface area (Å²) >= 11 is 0. The van der Waals surface area contributed by atoms with Crippen molar-refractivity contribution in [2.45, 2.75) is 56.4 Å². The zero-order valence-electron chi connectivity index (χ0n) is 18.5. The fourth-order valence-electron chi connectivity index (χ4n) is 5.33. The number of rotatable bonds is 6. The number of nitrogens with zero attached hydrogens (tertiary/aromatic N) is 4. The second-order valence-corrected chi connectivity index (χ2v) is 8.91. The van der Waals surface area contributed by atoms with E-state index < -0.39 is 12.1 Å². The lowest BCUT2D eigenvalue weighted by Crippen LogP contribution is -2.56. The third-order valence-corrected chi connectivity index (χ3v) is 7.05. The number of carbonyl (C=O) groups excluding carboxylic acids is 3. The van der Waals surface area contributed by atoms with Gasteiger partial charge in [0.2, 0.25) is 11.8 Å². The molecule has 3 amide bonds. The van der Waals surface area contributed by atoms with Gasteiger partial charge in [-0.25, -0.2) is 0 Å². The number of benzene rings is 1. The van der Waals surface area contributed by atoms with E-state index in [0.717, 1.165) is 18.4 Å². The third kappa shape index (κ3) is 3.85. The number of nitrogens with two attached hydrogens (primary N) is 1. The highest BCUT2D eigenvalue weighted by molar-refractivity contribution is 5.94. The van der Waals surface area contributed by atoms with Gasteiger partial charge in [-0.05, 0) is 43.9 Å². The van der Waals surface area contributed by atoms with Crippen molar-refractivity contribution in [3.05, 3.63) is 35.4 Å². The Labute approximate surface area is 188 Å². The van der Waals surface area contributed by atoms with Crippen LogP contribution in [-0.2, 0) is 9.59 Å². The van der Waals surface area contributed by atoms with Crippen LogP contribution in [0.2, 0.25) is 0 Å². The molecule has 0 spiro atoms. The summed E-state index contributed by atoms with van der Waals surface area (Å²) in [4.78, 5) is 43.2. The smallest absolute Gasteiger partial charge is 0.251 e. The van der Waals surface area contributed by atoms with Crippen molar-refractivity contribution in [1.82, 2.24) is 20.0 Å². The van der Waals surface area contributed by atoms with Crippen LogP contribution in [-0.4, -0.2) is 83.3 Å². The van der Waals surface area contributed by atoms with E-state index in [2.05, 4.69) is 11.4 Å². The van der Waals surface area contributed by atoms with Gasteiger partial charge in [-0.15, -0.1) is 0 Å². The molecule has 32 heavy (non-hydrogen) atoms. The largest absolute Gasteiger partial charge is 0.355 e. The number of nitrogens with one attached hydrogen (secondary N) is 1. The van der Waals surface area contributed by atoms with Gasteiger partial charge in [0.25, 0.3) is 5.91 Å². The molecule has 4 rings (SSSR count). The molecule has 170 valence electrons. The predicted octanol–water partition coefficient (Wildman–Crippen LogP) is 0.234. The maximum absolute atomic E-state index is 13.2. The molecular weight excluding hydrogens is 408 g/mol. The summed E-state index contributed by atoms with van der Waals surface area (Å²) in [7, 11) is 1.59. The number of amides is 3. The lowest BCUT2D eigenvalue weighted by Gasteiger charge is -2.38. The van der Waals surface area contributed by atoms with Gasteiger partial charge < -0.3 is 20.9 Å². The third-order valence-electron chi connectivity index (χ3n) is 7.05. The summed E-state index contributed by atoms with van der Waals surface area (Å²) in [5.41, 5.74) is 7.77. The summed E-state index contributed by atoms with van der Waals surface area (Å²) in [6.45, 7) is 3.57. The predicted molar refractivity (Wildman–Crippen MR) is 117 cm³/mol. The van der Waals surface area contributed by atoms with Gasteiger partial charge in [-0.2, -0.15) is 5.26 Å². The van der Waals surface area contributed by atoms with Crippen LogP contribution in [0.15, 0.2) is 24.3 Å². The number of likely N-dealkylation sites (tertiary alicyclic amines) is 3. The van der Waals surface area contributed by atoms with Crippen LogP contribution >= 0.6 is 0 Å². The van der Waals surface area contributed by atoms with E-state index in [4.69, 9.17) is 5.73 Å². The molecule has 0 aliphatic carbocycles. The molecule has 1 unspecified atom stereocenters. The monoisotopic (exact) mass is 438 g/mol. The van der Waals surface area contributed by atoms with E-state index >= 15 is 0 Å². The van der Waals surface area contributed by atoms with Crippen LogP contribution in [0.4, 0.5) is 0 Å². The normalized spacial score (nSPS) is 26.8. The Bertz CT molecular complexity index is 942. The van der Waals surface area contributed by atoms with E-state index in [0.29, 0.717) is 31.6 Å². The molecule has 3 fully saturated rings. The van der Waals surface area contributed by atoms with Gasteiger partial charge in [-0.3, -0.25) is 19.3 Å². The number of carbonyl (C=O) groups is 3. The van der Waals surface area contributed by atoms with Crippen LogP contribution in [0, 0.1) is 11.3 Å². The molecule has 0 saturated carbocycles. The minimum absolute atomic E-state index is 0.0554. The van der Waals surface area contributed by atoms with Crippen molar-refractivity contribution in [3.8, 4) is 6.07 Å². The molecule has 3 saturated heterocycles. The molecule has 1 aromatic carbocycles. The Morgan fingerprint density at radius 1 is 1.31 bits per heavy atom. The Balaban J connectivity index is 1.38. The van der Waals surface area contributed by atoms with E-state index in [1.165, 1.54) is 0 Å². The molecule has 3 N–H and O–H groups in total. The second-order valence-electron chi connectivity index (χ2n) is 8.91. The molecule has 3 aliphatic rings. The first-order valence-corrected chi connectivity index (χ1v) is 11.2. The Morgan fingerprint density at radius 3 is 2.66 bits per heavy atom. The van der Waals surface area contributed by atoms with E-state index in [9.17, 15) is 19.6 Å². The van der Waals surface area contributed by atoms with Crippen molar-refractivity contribution in [1.29, 1.82) is 5.26 Å². The van der Waals surface area contributed by atoms with E-state index in [1.54, 1.807) is 24.1 Å². The summed E-state index contributed by atoms with van der Waals surface area (Å²) in [6, 6.07) is 8.08. The van der Waals surface area contributed by atoms with Crippen molar-refractivity contribution in [2.24, 2.45) is 5.73 Å². The molecule has 0 radical (unpaired) electrons. The quantitative estimate of drug-likeness (QED) is 0.656. The zero-order chi connectivity index (χ0) is 23.0. The molecule has 9 nitrogen and oxygen atoms in total. The molecule has 1 aromatic rings. The highest BCUT2D eigenvalue weighted by Crippen LogP contribution is 2.38. The highest BCUT2D eigenvalue weighted by Gasteiger charge is 2.51. The molecular formula is C23H30N6O3. The highest BCUT2D eigenvalue weighted by atomic mass is 16.2. The molecule has 2 bridgehead atoms. The van der Waals surface area contributed by atoms with Gasteiger partial charge in [0.05, 0.1) is 24.2 Å². The summed E-state index contributed by atoms with van der Waals surface area (Å²) in [5, 5.41) is 11.8. The molecule has 3 heterocycles. The zero-order valence-corrected chi connectivity index (χ0v) is 18.5. The topological polar surface area (TPSA) is 123 Å². The first-order chi connectivity index (χ1) is 15.3. The summed E-state index contributed by atoms with van der Waals surface area (Å²) < 4.78 is 0. The number of piperazine rings is 1. The van der Waals surface area contributed by atoms with Gasteiger partial charge in [0.1, 0.15) is 6.04 Å². The van der Waals surface area contributed by atoms with Crippen LogP contribution in [0.5, 0.6) is 0 Å². The van der Waals surface area contributed by atoms with Crippen LogP contribution in [0.25, 0.3) is 0 Å². The average molecular weight is 439 g/mol. The van der Waals surface area contributed by atoms with E-state index in [1.807, 2.05) is 28.9 Å². The molecule has 5 atom stereocenters. The number of hydrogen-bond donors (Lipinski definition) is 2. The Kier molecular flexibility index (Phi) is 6.17. The SMILES string of the molecule is CNC(=O)c1ccc([C@H](C)N2C(=O)[C@@H]3C[C@H]2CN3C[C@H](N)C(=O)N2CCCC2C#N)cc1. The maximum atomic E-state index is 13.2. The number of fused-ring (bicyclic) bond motifs is 2. The number of hydrogen-bond acceptors (Lipinski definition) is 6. The standard InChI is InChI=1S/C23H30N6O3/c1-14(15-5-7-16(8-6-15)21(30)26-2)29-18-10-20(23(29)32)27(12-18)13-19(25)22(31)28-9-3-4-17(28)11-24/h5-8,14,17-20H,3-4,9-10,12-13,25H2,1-2H3,(H,26,30)/t14-,17?,18-,19-,20-/m0/s1. The minimum Gasteiger partial charge on any atom is -0.355 e. The summed E-state index contributed by atoms with van der Waals surface area (Å²) in [5.74, 6) is -0.289. The van der Waals surface area contributed by atoms with Crippen LogP contribution < -0.4 is 11.1 Å². The lowest BCUT2D eigenvalue weighted by molar-refractivity contribution is -0.140. The van der Waals surface area contributed by atoms with Gasteiger partial charge in [0.15, 0.2) is 0 Å². The van der Waals surface area contributed by atoms with Crippen molar-refractivity contribution < 1.29 is 14.4 Å². The average Bonchev–Trinajstić information content (AvgIpc) is 3.52. The van der Waals surface area contributed by atoms with Gasteiger partial charge >= 0.3 is 0 Å².